The number of benzene rings is 1. The van der Waals surface area contributed by atoms with Gasteiger partial charge in [0.2, 0.25) is 0 Å². The van der Waals surface area contributed by atoms with E-state index in [2.05, 4.69) is 31.3 Å². The summed E-state index contributed by atoms with van der Waals surface area (Å²) in [5, 5.41) is 3.31. The third-order valence-electron chi connectivity index (χ3n) is 2.03. The first kappa shape index (κ1) is 12.0. The second-order valence-corrected chi connectivity index (χ2v) is 3.34. The number of hydrogen-bond donors (Lipinski definition) is 0. The quantitative estimate of drug-likeness (QED) is 0.266. The predicted octanol–water partition coefficient (Wildman–Crippen LogP) is 3.06. The highest BCUT2D eigenvalue weighted by atomic mass is 19.3. The van der Waals surface area contributed by atoms with Crippen molar-refractivity contribution in [3.8, 4) is 23.3 Å². The maximum absolute atomic E-state index is 12.7. The maximum atomic E-state index is 12.7. The SMILES string of the molecule is [N-]=[N+]=NCCC#Cc1ccc2c(c1)OC(F)(F)O2. The fraction of sp³-hybridized carbons (Fsp3) is 0.273. The molecular weight excluding hydrogens is 244 g/mol. The number of rotatable bonds is 2. The van der Waals surface area contributed by atoms with E-state index in [-0.39, 0.29) is 18.0 Å². The molecule has 0 fully saturated rings. The Kier molecular flexibility index (Phi) is 3.22. The van der Waals surface area contributed by atoms with Gasteiger partial charge in [-0.05, 0) is 17.7 Å². The second-order valence-electron chi connectivity index (χ2n) is 3.34. The van der Waals surface area contributed by atoms with E-state index in [1.165, 1.54) is 12.1 Å². The van der Waals surface area contributed by atoms with Gasteiger partial charge in [-0.25, -0.2) is 0 Å². The summed E-state index contributed by atoms with van der Waals surface area (Å²) in [6.45, 7) is 0.270. The van der Waals surface area contributed by atoms with Crippen LogP contribution in [0.15, 0.2) is 23.3 Å². The molecule has 0 saturated heterocycles. The molecule has 0 atom stereocenters. The zero-order valence-corrected chi connectivity index (χ0v) is 9.06. The topological polar surface area (TPSA) is 67.2 Å². The normalized spacial score (nSPS) is 14.3. The molecule has 0 aromatic heterocycles. The van der Waals surface area contributed by atoms with E-state index < -0.39 is 6.29 Å². The standard InChI is InChI=1S/C11H7F2N3O2/c12-11(13)17-9-5-4-8(7-10(9)18-11)3-1-2-6-15-16-14/h4-5,7H,2,6H2. The molecule has 0 saturated carbocycles. The number of ether oxygens (including phenoxy) is 2. The van der Waals surface area contributed by atoms with Crippen LogP contribution < -0.4 is 9.47 Å². The largest absolute Gasteiger partial charge is 0.586 e. The third kappa shape index (κ3) is 2.81. The average Bonchev–Trinajstić information content (AvgIpc) is 2.62. The van der Waals surface area contributed by atoms with Crippen LogP contribution in [0.3, 0.4) is 0 Å². The molecule has 0 unspecified atom stereocenters. The summed E-state index contributed by atoms with van der Waals surface area (Å²) in [6.07, 6.45) is -3.22. The smallest absolute Gasteiger partial charge is 0.395 e. The number of azide groups is 1. The van der Waals surface area contributed by atoms with Crippen LogP contribution in [0, 0.1) is 11.8 Å². The molecular formula is C11H7F2N3O2. The van der Waals surface area contributed by atoms with Crippen molar-refractivity contribution >= 4 is 0 Å². The van der Waals surface area contributed by atoms with Crippen LogP contribution in [0.1, 0.15) is 12.0 Å². The fourth-order valence-electron chi connectivity index (χ4n) is 1.34. The zero-order chi connectivity index (χ0) is 13.0. The van der Waals surface area contributed by atoms with Crippen molar-refractivity contribution in [3.63, 3.8) is 0 Å². The Morgan fingerprint density at radius 2 is 2.11 bits per heavy atom. The van der Waals surface area contributed by atoms with Crippen molar-refractivity contribution in [1.29, 1.82) is 0 Å². The van der Waals surface area contributed by atoms with Gasteiger partial charge in [-0.15, -0.1) is 8.78 Å². The maximum Gasteiger partial charge on any atom is 0.586 e. The van der Waals surface area contributed by atoms with Crippen LogP contribution in [-0.4, -0.2) is 12.8 Å². The first-order valence-electron chi connectivity index (χ1n) is 5.00. The highest BCUT2D eigenvalue weighted by Gasteiger charge is 2.43. The summed E-state index contributed by atoms with van der Waals surface area (Å²) >= 11 is 0. The molecule has 1 aromatic carbocycles. The lowest BCUT2D eigenvalue weighted by Gasteiger charge is -2.04. The lowest BCUT2D eigenvalue weighted by atomic mass is 10.2. The Hall–Kier alpha value is -2.45. The van der Waals surface area contributed by atoms with Gasteiger partial charge >= 0.3 is 6.29 Å². The molecule has 1 heterocycles. The van der Waals surface area contributed by atoms with Gasteiger partial charge in [-0.1, -0.05) is 17.0 Å². The molecule has 0 N–H and O–H groups in total. The van der Waals surface area contributed by atoms with Crippen molar-refractivity contribution in [2.24, 2.45) is 5.11 Å². The van der Waals surface area contributed by atoms with E-state index >= 15 is 0 Å². The van der Waals surface area contributed by atoms with Crippen molar-refractivity contribution in [1.82, 2.24) is 0 Å². The summed E-state index contributed by atoms with van der Waals surface area (Å²) in [7, 11) is 0. The molecule has 92 valence electrons. The van der Waals surface area contributed by atoms with Crippen molar-refractivity contribution in [2.45, 2.75) is 12.7 Å². The Bertz CT molecular complexity index is 571. The molecule has 7 heteroatoms. The van der Waals surface area contributed by atoms with Crippen LogP contribution >= 0.6 is 0 Å². The molecule has 18 heavy (non-hydrogen) atoms. The summed E-state index contributed by atoms with van der Waals surface area (Å²) in [4.78, 5) is 2.58. The monoisotopic (exact) mass is 251 g/mol. The highest BCUT2D eigenvalue weighted by molar-refractivity contribution is 5.49. The second kappa shape index (κ2) is 4.82. The van der Waals surface area contributed by atoms with Crippen LogP contribution in [0.2, 0.25) is 0 Å². The van der Waals surface area contributed by atoms with E-state index in [0.717, 1.165) is 0 Å². The van der Waals surface area contributed by atoms with E-state index in [4.69, 9.17) is 5.53 Å². The molecule has 2 rings (SSSR count). The van der Waals surface area contributed by atoms with Crippen LogP contribution in [-0.2, 0) is 0 Å². The van der Waals surface area contributed by atoms with Gasteiger partial charge in [0.1, 0.15) is 0 Å². The van der Waals surface area contributed by atoms with E-state index in [1.54, 1.807) is 6.07 Å². The number of halogens is 2. The molecule has 5 nitrogen and oxygen atoms in total. The summed E-state index contributed by atoms with van der Waals surface area (Å²) in [5.41, 5.74) is 8.57. The van der Waals surface area contributed by atoms with Crippen molar-refractivity contribution < 1.29 is 18.3 Å². The van der Waals surface area contributed by atoms with Gasteiger partial charge in [-0.2, -0.15) is 0 Å². The molecule has 1 aliphatic heterocycles. The lowest BCUT2D eigenvalue weighted by Crippen LogP contribution is -2.25. The van der Waals surface area contributed by atoms with Gasteiger partial charge in [-0.3, -0.25) is 0 Å². The Balaban J connectivity index is 2.07. The lowest BCUT2D eigenvalue weighted by molar-refractivity contribution is -0.286. The van der Waals surface area contributed by atoms with Crippen molar-refractivity contribution in [3.05, 3.63) is 34.2 Å². The molecule has 0 radical (unpaired) electrons. The highest BCUT2D eigenvalue weighted by Crippen LogP contribution is 2.40. The number of fused-ring (bicyclic) bond motifs is 1. The van der Waals surface area contributed by atoms with E-state index in [0.29, 0.717) is 12.0 Å². The average molecular weight is 251 g/mol. The van der Waals surface area contributed by atoms with Gasteiger partial charge in [0.15, 0.2) is 11.5 Å². The third-order valence-corrected chi connectivity index (χ3v) is 2.03. The van der Waals surface area contributed by atoms with Crippen LogP contribution in [0.5, 0.6) is 11.5 Å². The minimum atomic E-state index is -3.62. The first-order valence-corrected chi connectivity index (χ1v) is 5.00. The molecule has 0 spiro atoms. The first-order chi connectivity index (χ1) is 8.61. The number of nitrogens with zero attached hydrogens (tertiary/aromatic N) is 3. The summed E-state index contributed by atoms with van der Waals surface area (Å²) < 4.78 is 34.0. The van der Waals surface area contributed by atoms with E-state index in [9.17, 15) is 8.78 Å². The molecule has 0 aliphatic carbocycles. The van der Waals surface area contributed by atoms with Gasteiger partial charge in [0.25, 0.3) is 0 Å². The number of hydrogen-bond acceptors (Lipinski definition) is 3. The Labute approximate surface area is 101 Å². The van der Waals surface area contributed by atoms with Gasteiger partial charge in [0, 0.05) is 29.5 Å². The van der Waals surface area contributed by atoms with Crippen LogP contribution in [0.4, 0.5) is 8.78 Å². The predicted molar refractivity (Wildman–Crippen MR) is 58.2 cm³/mol. The minimum Gasteiger partial charge on any atom is -0.395 e. The van der Waals surface area contributed by atoms with Gasteiger partial charge in [0.05, 0.1) is 0 Å². The zero-order valence-electron chi connectivity index (χ0n) is 9.06. The summed E-state index contributed by atoms with van der Waals surface area (Å²) in [5.74, 6) is 5.44. The van der Waals surface area contributed by atoms with E-state index in [1.807, 2.05) is 0 Å². The van der Waals surface area contributed by atoms with Gasteiger partial charge < -0.3 is 9.47 Å². The molecule has 0 bridgehead atoms. The molecule has 0 amide bonds. The molecule has 1 aromatic rings. The fourth-order valence-corrected chi connectivity index (χ4v) is 1.34. The minimum absolute atomic E-state index is 0.0142. The number of alkyl halides is 2. The van der Waals surface area contributed by atoms with Crippen molar-refractivity contribution in [2.75, 3.05) is 6.54 Å². The summed E-state index contributed by atoms with van der Waals surface area (Å²) in [6, 6.07) is 4.29. The Morgan fingerprint density at radius 1 is 1.33 bits per heavy atom. The Morgan fingerprint density at radius 3 is 2.89 bits per heavy atom. The van der Waals surface area contributed by atoms with Crippen LogP contribution in [0.25, 0.3) is 10.4 Å². The molecule has 1 aliphatic rings.